The Bertz CT molecular complexity index is 1380. The molecule has 0 bridgehead atoms. The van der Waals surface area contributed by atoms with Gasteiger partial charge in [0.1, 0.15) is 0 Å². The Morgan fingerprint density at radius 2 is 1.81 bits per heavy atom. The molecule has 4 rings (SSSR count). The number of halogens is 1. The number of para-hydroxylation sites is 2. The molecule has 0 saturated carbocycles. The van der Waals surface area contributed by atoms with E-state index in [9.17, 15) is 9.59 Å². The van der Waals surface area contributed by atoms with E-state index in [-0.39, 0.29) is 17.2 Å². The van der Waals surface area contributed by atoms with Gasteiger partial charge < -0.3 is 0 Å². The zero-order valence-electron chi connectivity index (χ0n) is 17.2. The van der Waals surface area contributed by atoms with Crippen LogP contribution in [0.5, 0.6) is 0 Å². The number of aryl methyl sites for hydroxylation is 1. The van der Waals surface area contributed by atoms with Crippen LogP contribution in [-0.2, 0) is 4.79 Å². The lowest BCUT2D eigenvalue weighted by Gasteiger charge is -2.14. The molecule has 32 heavy (non-hydrogen) atoms. The first-order valence-electron chi connectivity index (χ1n) is 9.81. The van der Waals surface area contributed by atoms with Crippen molar-refractivity contribution in [2.75, 3.05) is 5.75 Å². The zero-order valence-corrected chi connectivity index (χ0v) is 18.7. The molecule has 0 aliphatic rings. The summed E-state index contributed by atoms with van der Waals surface area (Å²) in [5.74, 6) is -0.284. The Morgan fingerprint density at radius 1 is 1.09 bits per heavy atom. The quantitative estimate of drug-likeness (QED) is 0.197. The highest BCUT2D eigenvalue weighted by atomic mass is 35.5. The van der Waals surface area contributed by atoms with Gasteiger partial charge in [-0.2, -0.15) is 5.10 Å². The number of carbonyl (C=O) groups excluding carboxylic acids is 1. The summed E-state index contributed by atoms with van der Waals surface area (Å²) in [5.41, 5.74) is 5.26. The molecule has 0 radical (unpaired) electrons. The summed E-state index contributed by atoms with van der Waals surface area (Å²) in [4.78, 5) is 30.3. The summed E-state index contributed by atoms with van der Waals surface area (Å²) in [6, 6.07) is 22.0. The minimum absolute atomic E-state index is 0.0382. The van der Waals surface area contributed by atoms with Crippen LogP contribution in [0.3, 0.4) is 0 Å². The molecule has 1 heterocycles. The number of rotatable bonds is 6. The number of nitrogens with zero attached hydrogens (tertiary/aromatic N) is 3. The molecule has 1 aromatic heterocycles. The summed E-state index contributed by atoms with van der Waals surface area (Å²) in [7, 11) is 0. The molecule has 0 aliphatic heterocycles. The number of hydrogen-bond acceptors (Lipinski definition) is 5. The Hall–Kier alpha value is -3.42. The first-order valence-corrected chi connectivity index (χ1v) is 11.2. The third kappa shape index (κ3) is 4.74. The molecule has 0 saturated heterocycles. The Balaban J connectivity index is 1.59. The van der Waals surface area contributed by atoms with Crippen LogP contribution in [0.2, 0.25) is 5.02 Å². The smallest absolute Gasteiger partial charge is 0.266 e. The van der Waals surface area contributed by atoms with Gasteiger partial charge in [0.15, 0.2) is 5.16 Å². The van der Waals surface area contributed by atoms with Crippen LogP contribution in [0.1, 0.15) is 11.1 Å². The van der Waals surface area contributed by atoms with Gasteiger partial charge >= 0.3 is 0 Å². The molecule has 6 nitrogen and oxygen atoms in total. The van der Waals surface area contributed by atoms with Crippen LogP contribution in [0.25, 0.3) is 16.6 Å². The molecule has 1 N–H and O–H groups in total. The maximum atomic E-state index is 13.3. The molecule has 8 heteroatoms. The van der Waals surface area contributed by atoms with Crippen LogP contribution >= 0.6 is 23.4 Å². The highest BCUT2D eigenvalue weighted by Gasteiger charge is 2.15. The van der Waals surface area contributed by atoms with Crippen LogP contribution in [0, 0.1) is 6.92 Å². The number of nitrogens with one attached hydrogen (secondary N) is 1. The lowest BCUT2D eigenvalue weighted by Crippen LogP contribution is -2.24. The van der Waals surface area contributed by atoms with Crippen molar-refractivity contribution < 1.29 is 4.79 Å². The highest BCUT2D eigenvalue weighted by Crippen LogP contribution is 2.23. The number of aromatic nitrogens is 2. The molecule has 160 valence electrons. The van der Waals surface area contributed by atoms with E-state index >= 15 is 0 Å². The van der Waals surface area contributed by atoms with E-state index in [0.29, 0.717) is 26.6 Å². The summed E-state index contributed by atoms with van der Waals surface area (Å²) in [6.07, 6.45) is 1.49. The third-order valence-electron chi connectivity index (χ3n) is 4.73. The van der Waals surface area contributed by atoms with Gasteiger partial charge in [0.25, 0.3) is 11.5 Å². The first-order chi connectivity index (χ1) is 15.5. The van der Waals surface area contributed by atoms with Crippen molar-refractivity contribution in [1.29, 1.82) is 0 Å². The van der Waals surface area contributed by atoms with Gasteiger partial charge in [-0.15, -0.1) is 0 Å². The molecule has 3 aromatic carbocycles. The molecule has 0 fully saturated rings. The van der Waals surface area contributed by atoms with Crippen LogP contribution in [-0.4, -0.2) is 27.4 Å². The number of benzene rings is 3. The molecular weight excluding hydrogens is 444 g/mol. The van der Waals surface area contributed by atoms with E-state index < -0.39 is 0 Å². The van der Waals surface area contributed by atoms with Gasteiger partial charge in [0, 0.05) is 10.6 Å². The van der Waals surface area contributed by atoms with Crippen molar-refractivity contribution >= 4 is 46.4 Å². The van der Waals surface area contributed by atoms with Crippen molar-refractivity contribution in [2.45, 2.75) is 12.1 Å². The van der Waals surface area contributed by atoms with Gasteiger partial charge in [0.05, 0.1) is 28.6 Å². The third-order valence-corrected chi connectivity index (χ3v) is 6.01. The summed E-state index contributed by atoms with van der Waals surface area (Å²) in [5, 5.41) is 5.47. The van der Waals surface area contributed by atoms with Crippen molar-refractivity contribution in [3.05, 3.63) is 99.3 Å². The average Bonchev–Trinajstić information content (AvgIpc) is 2.80. The van der Waals surface area contributed by atoms with E-state index in [1.165, 1.54) is 18.0 Å². The fourth-order valence-electron chi connectivity index (χ4n) is 3.15. The van der Waals surface area contributed by atoms with E-state index in [0.717, 1.165) is 11.3 Å². The topological polar surface area (TPSA) is 76.3 Å². The number of hydrazone groups is 1. The molecule has 0 atom stereocenters. The minimum atomic E-state index is -0.322. The average molecular weight is 463 g/mol. The Labute approximate surface area is 194 Å². The monoisotopic (exact) mass is 462 g/mol. The van der Waals surface area contributed by atoms with Crippen molar-refractivity contribution in [1.82, 2.24) is 15.0 Å². The molecule has 4 aromatic rings. The standard InChI is InChI=1S/C24H19ClN4O2S/c1-16-8-2-7-13-21(16)29-23(31)18-10-4-6-12-20(18)27-24(29)32-15-22(30)28-26-14-17-9-3-5-11-19(17)25/h2-14H,15H2,1H3,(H,28,30)/b26-14-. The largest absolute Gasteiger partial charge is 0.272 e. The van der Waals surface area contributed by atoms with Gasteiger partial charge in [-0.3, -0.25) is 14.2 Å². The molecule has 0 unspecified atom stereocenters. The minimum Gasteiger partial charge on any atom is -0.272 e. The maximum absolute atomic E-state index is 13.3. The van der Waals surface area contributed by atoms with Gasteiger partial charge in [-0.05, 0) is 36.8 Å². The fourth-order valence-corrected chi connectivity index (χ4v) is 4.13. The second-order valence-corrected chi connectivity index (χ2v) is 8.29. The van der Waals surface area contributed by atoms with Crippen molar-refractivity contribution in [3.8, 4) is 5.69 Å². The predicted octanol–water partition coefficient (Wildman–Crippen LogP) is 4.59. The molecule has 1 amide bonds. The summed E-state index contributed by atoms with van der Waals surface area (Å²) < 4.78 is 1.56. The number of carbonyl (C=O) groups is 1. The lowest BCUT2D eigenvalue weighted by atomic mass is 10.2. The Kier molecular flexibility index (Phi) is 6.68. The number of hydrogen-bond donors (Lipinski definition) is 1. The van der Waals surface area contributed by atoms with E-state index in [1.54, 1.807) is 28.8 Å². The summed E-state index contributed by atoms with van der Waals surface area (Å²) in [6.45, 7) is 1.93. The van der Waals surface area contributed by atoms with Crippen LogP contribution in [0.4, 0.5) is 0 Å². The van der Waals surface area contributed by atoms with Gasteiger partial charge in [-0.25, -0.2) is 10.4 Å². The zero-order chi connectivity index (χ0) is 22.5. The van der Waals surface area contributed by atoms with Crippen LogP contribution < -0.4 is 11.0 Å². The number of fused-ring (bicyclic) bond motifs is 1. The molecule has 0 aliphatic carbocycles. The van der Waals surface area contributed by atoms with Crippen LogP contribution in [0.15, 0.2) is 87.8 Å². The molecular formula is C24H19ClN4O2S. The maximum Gasteiger partial charge on any atom is 0.266 e. The normalized spacial score (nSPS) is 11.2. The molecule has 0 spiro atoms. The fraction of sp³-hybridized carbons (Fsp3) is 0.0833. The number of amides is 1. The van der Waals surface area contributed by atoms with Gasteiger partial charge in [-0.1, -0.05) is 71.9 Å². The van der Waals surface area contributed by atoms with E-state index in [4.69, 9.17) is 11.6 Å². The van der Waals surface area contributed by atoms with Crippen molar-refractivity contribution in [2.24, 2.45) is 5.10 Å². The lowest BCUT2D eigenvalue weighted by molar-refractivity contribution is -0.118. The second-order valence-electron chi connectivity index (χ2n) is 6.94. The second kappa shape index (κ2) is 9.80. The van der Waals surface area contributed by atoms with E-state index in [2.05, 4.69) is 15.5 Å². The predicted molar refractivity (Wildman–Crippen MR) is 130 cm³/mol. The van der Waals surface area contributed by atoms with Crippen molar-refractivity contribution in [3.63, 3.8) is 0 Å². The summed E-state index contributed by atoms with van der Waals surface area (Å²) >= 11 is 7.26. The van der Waals surface area contributed by atoms with E-state index in [1.807, 2.05) is 55.5 Å². The van der Waals surface area contributed by atoms with Gasteiger partial charge in [0.2, 0.25) is 0 Å². The number of thioether (sulfide) groups is 1. The highest BCUT2D eigenvalue weighted by molar-refractivity contribution is 7.99. The Morgan fingerprint density at radius 3 is 2.62 bits per heavy atom. The SMILES string of the molecule is Cc1ccccc1-n1c(SCC(=O)N/N=C\c2ccccc2Cl)nc2ccccc2c1=O. The first kappa shape index (κ1) is 21.8.